The molecule has 2 unspecified atom stereocenters. The third-order valence-corrected chi connectivity index (χ3v) is 11.2. The molecule has 0 amide bonds. The molecule has 0 aliphatic heterocycles. The third kappa shape index (κ3) is 4.79. The van der Waals surface area contributed by atoms with Gasteiger partial charge in [-0.05, 0) is 70.0 Å². The van der Waals surface area contributed by atoms with Crippen LogP contribution in [0.2, 0.25) is 0 Å². The van der Waals surface area contributed by atoms with Gasteiger partial charge in [-0.1, -0.05) is 147 Å². The van der Waals surface area contributed by atoms with Crippen LogP contribution in [-0.2, 0) is 5.41 Å². The Morgan fingerprint density at radius 2 is 1.02 bits per heavy atom. The maximum atomic E-state index is 5.25. The molecule has 6 aromatic carbocycles. The van der Waals surface area contributed by atoms with E-state index in [1.807, 2.05) is 6.07 Å². The average Bonchev–Trinajstić information content (AvgIpc) is 3.67. The molecule has 0 fully saturated rings. The smallest absolute Gasteiger partial charge is 0.164 e. The predicted molar refractivity (Wildman–Crippen MR) is 213 cm³/mol. The molecule has 2 aliphatic carbocycles. The summed E-state index contributed by atoms with van der Waals surface area (Å²) in [4.78, 5) is 15.6. The Morgan fingerprint density at radius 3 is 1.69 bits per heavy atom. The number of para-hydroxylation sites is 2. The summed E-state index contributed by atoms with van der Waals surface area (Å²) < 4.78 is 2.34. The van der Waals surface area contributed by atoms with Crippen molar-refractivity contribution in [2.24, 2.45) is 5.92 Å². The molecule has 0 saturated carbocycles. The number of hydrogen-bond acceptors (Lipinski definition) is 3. The van der Waals surface area contributed by atoms with E-state index in [-0.39, 0.29) is 11.3 Å². The molecule has 0 N–H and O–H groups in total. The summed E-state index contributed by atoms with van der Waals surface area (Å²) in [6.07, 6.45) is 9.09. The molecule has 0 saturated heterocycles. The van der Waals surface area contributed by atoms with Crippen LogP contribution in [0, 0.1) is 5.92 Å². The topological polar surface area (TPSA) is 43.6 Å². The van der Waals surface area contributed by atoms with Crippen molar-refractivity contribution in [1.29, 1.82) is 0 Å². The van der Waals surface area contributed by atoms with E-state index in [9.17, 15) is 0 Å². The zero-order chi connectivity index (χ0) is 34.8. The number of benzene rings is 6. The van der Waals surface area contributed by atoms with Gasteiger partial charge in [0.15, 0.2) is 17.5 Å². The molecule has 2 atom stereocenters. The first-order valence-electron chi connectivity index (χ1n) is 18.0. The van der Waals surface area contributed by atoms with Gasteiger partial charge in [-0.2, -0.15) is 0 Å². The summed E-state index contributed by atoms with van der Waals surface area (Å²) in [5.74, 6) is 2.68. The second kappa shape index (κ2) is 11.9. The van der Waals surface area contributed by atoms with Gasteiger partial charge in [0, 0.05) is 39.1 Å². The van der Waals surface area contributed by atoms with Gasteiger partial charge in [-0.3, -0.25) is 0 Å². The Bertz CT molecular complexity index is 2640. The highest BCUT2D eigenvalue weighted by Gasteiger charge is 2.45. The standard InChI is InChI=1S/C48H36N4/c1-48(2)40-19-9-6-17-38(40)44-39(18-12-20-41(44)48)47-50-45(33-25-23-32(24-26-33)31-13-4-3-5-14-31)49-46(51-47)34-27-29-35(30-28-34)52-42-21-10-7-15-36(42)37-16-8-11-22-43(37)52/h3-30,38,40H,1-2H3. The van der Waals surface area contributed by atoms with E-state index in [1.54, 1.807) is 0 Å². The minimum Gasteiger partial charge on any atom is -0.309 e. The molecule has 2 aliphatic rings. The molecule has 0 spiro atoms. The lowest BCUT2D eigenvalue weighted by molar-refractivity contribution is 0.394. The Balaban J connectivity index is 1.12. The van der Waals surface area contributed by atoms with E-state index in [2.05, 4.69) is 182 Å². The highest BCUT2D eigenvalue weighted by molar-refractivity contribution is 6.09. The largest absolute Gasteiger partial charge is 0.309 e. The minimum atomic E-state index is -0.00807. The monoisotopic (exact) mass is 668 g/mol. The van der Waals surface area contributed by atoms with Crippen molar-refractivity contribution in [3.8, 4) is 51.0 Å². The first-order valence-corrected chi connectivity index (χ1v) is 18.0. The predicted octanol–water partition coefficient (Wildman–Crippen LogP) is 11.8. The first kappa shape index (κ1) is 30.4. The van der Waals surface area contributed by atoms with Crippen LogP contribution in [0.25, 0.3) is 72.8 Å². The Labute approximate surface area is 303 Å². The summed E-state index contributed by atoms with van der Waals surface area (Å²) in [5.41, 5.74) is 11.5. The number of hydrogen-bond donors (Lipinski definition) is 0. The van der Waals surface area contributed by atoms with E-state index in [4.69, 9.17) is 15.0 Å². The van der Waals surface area contributed by atoms with Crippen molar-refractivity contribution in [2.45, 2.75) is 25.2 Å². The maximum absolute atomic E-state index is 5.25. The van der Waals surface area contributed by atoms with Crippen molar-refractivity contribution >= 4 is 21.8 Å². The number of nitrogens with zero attached hydrogens (tertiary/aromatic N) is 4. The van der Waals surface area contributed by atoms with E-state index in [0.29, 0.717) is 23.4 Å². The molecule has 0 bridgehead atoms. The van der Waals surface area contributed by atoms with Crippen molar-refractivity contribution in [2.75, 3.05) is 0 Å². The number of aromatic nitrogens is 4. The second-order valence-electron chi connectivity index (χ2n) is 14.5. The van der Waals surface area contributed by atoms with Crippen LogP contribution in [0.5, 0.6) is 0 Å². The summed E-state index contributed by atoms with van der Waals surface area (Å²) in [7, 11) is 0. The van der Waals surface area contributed by atoms with Crippen LogP contribution < -0.4 is 0 Å². The normalized spacial score (nSPS) is 17.0. The molecule has 52 heavy (non-hydrogen) atoms. The fraction of sp³-hybridized carbons (Fsp3) is 0.104. The van der Waals surface area contributed by atoms with E-state index in [1.165, 1.54) is 38.5 Å². The maximum Gasteiger partial charge on any atom is 0.164 e. The molecule has 4 nitrogen and oxygen atoms in total. The van der Waals surface area contributed by atoms with Crippen LogP contribution >= 0.6 is 0 Å². The van der Waals surface area contributed by atoms with Crippen LogP contribution in [0.4, 0.5) is 0 Å². The van der Waals surface area contributed by atoms with Crippen molar-refractivity contribution < 1.29 is 0 Å². The SMILES string of the molecule is CC1(C)c2cccc(-c3nc(-c4ccc(-c5ccccc5)cc4)nc(-c4ccc(-n5c6ccccc6c6ccccc65)cc4)n3)c2C2C=CC=CC21. The Morgan fingerprint density at radius 1 is 0.481 bits per heavy atom. The molecule has 8 aromatic rings. The van der Waals surface area contributed by atoms with Crippen LogP contribution in [0.1, 0.15) is 30.9 Å². The first-order chi connectivity index (χ1) is 25.5. The summed E-state index contributed by atoms with van der Waals surface area (Å²) >= 11 is 0. The molecule has 0 radical (unpaired) electrons. The van der Waals surface area contributed by atoms with E-state index >= 15 is 0 Å². The average molecular weight is 669 g/mol. The van der Waals surface area contributed by atoms with Gasteiger partial charge in [0.25, 0.3) is 0 Å². The zero-order valence-electron chi connectivity index (χ0n) is 29.1. The second-order valence-corrected chi connectivity index (χ2v) is 14.5. The molecule has 2 heterocycles. The van der Waals surface area contributed by atoms with Crippen molar-refractivity contribution in [3.05, 3.63) is 181 Å². The van der Waals surface area contributed by atoms with Gasteiger partial charge >= 0.3 is 0 Å². The van der Waals surface area contributed by atoms with Gasteiger partial charge < -0.3 is 4.57 Å². The molecule has 2 aromatic heterocycles. The highest BCUT2D eigenvalue weighted by Crippen LogP contribution is 2.55. The summed E-state index contributed by atoms with van der Waals surface area (Å²) in [6.45, 7) is 4.72. The van der Waals surface area contributed by atoms with Gasteiger partial charge in [-0.25, -0.2) is 15.0 Å². The summed E-state index contributed by atoms with van der Waals surface area (Å²) in [5, 5.41) is 2.49. The van der Waals surface area contributed by atoms with Crippen molar-refractivity contribution in [3.63, 3.8) is 0 Å². The molecule has 10 rings (SSSR count). The quantitative estimate of drug-likeness (QED) is 0.183. The minimum absolute atomic E-state index is 0.00807. The third-order valence-electron chi connectivity index (χ3n) is 11.2. The van der Waals surface area contributed by atoms with Gasteiger partial charge in [0.05, 0.1) is 11.0 Å². The van der Waals surface area contributed by atoms with Crippen molar-refractivity contribution in [1.82, 2.24) is 19.5 Å². The van der Waals surface area contributed by atoms with Crippen LogP contribution in [0.15, 0.2) is 170 Å². The summed E-state index contributed by atoms with van der Waals surface area (Å²) in [6, 6.07) is 51.5. The highest BCUT2D eigenvalue weighted by atomic mass is 15.0. The number of fused-ring (bicyclic) bond motifs is 6. The lowest BCUT2D eigenvalue weighted by atomic mass is 9.74. The molecule has 248 valence electrons. The lowest BCUT2D eigenvalue weighted by Gasteiger charge is -2.29. The number of allylic oxidation sites excluding steroid dienone is 4. The fourth-order valence-corrected chi connectivity index (χ4v) is 8.59. The molecule has 4 heteroatoms. The van der Waals surface area contributed by atoms with E-state index < -0.39 is 0 Å². The molecular formula is C48H36N4. The number of rotatable bonds is 5. The lowest BCUT2D eigenvalue weighted by Crippen LogP contribution is -2.24. The van der Waals surface area contributed by atoms with Crippen LogP contribution in [0.3, 0.4) is 0 Å². The zero-order valence-corrected chi connectivity index (χ0v) is 29.1. The van der Waals surface area contributed by atoms with Gasteiger partial charge in [-0.15, -0.1) is 0 Å². The van der Waals surface area contributed by atoms with E-state index in [0.717, 1.165) is 27.9 Å². The fourth-order valence-electron chi connectivity index (χ4n) is 8.59. The Kier molecular flexibility index (Phi) is 6.94. The van der Waals surface area contributed by atoms with Gasteiger partial charge in [0.2, 0.25) is 0 Å². The van der Waals surface area contributed by atoms with Gasteiger partial charge in [0.1, 0.15) is 0 Å². The molecular weight excluding hydrogens is 633 g/mol. The van der Waals surface area contributed by atoms with Crippen LogP contribution in [-0.4, -0.2) is 19.5 Å². The Hall–Kier alpha value is -6.39.